The van der Waals surface area contributed by atoms with Gasteiger partial charge >= 0.3 is 5.97 Å². The fraction of sp³-hybridized carbons (Fsp3) is 0.500. The van der Waals surface area contributed by atoms with E-state index in [-0.39, 0.29) is 24.5 Å². The summed E-state index contributed by atoms with van der Waals surface area (Å²) in [5.74, 6) is -0.676. The smallest absolute Gasteiger partial charge is 0.309 e. The summed E-state index contributed by atoms with van der Waals surface area (Å²) >= 11 is 3.34. The maximum atomic E-state index is 12.1. The lowest BCUT2D eigenvalue weighted by Gasteiger charge is -2.26. The molecule has 0 bridgehead atoms. The van der Waals surface area contributed by atoms with Gasteiger partial charge in [-0.25, -0.2) is 0 Å². The van der Waals surface area contributed by atoms with Crippen molar-refractivity contribution >= 4 is 27.7 Å². The number of carbonyl (C=O) groups excluding carboxylic acids is 1. The van der Waals surface area contributed by atoms with Gasteiger partial charge in [0.25, 0.3) is 0 Å². The van der Waals surface area contributed by atoms with Crippen molar-refractivity contribution in [2.24, 2.45) is 11.3 Å². The van der Waals surface area contributed by atoms with E-state index in [2.05, 4.69) is 15.9 Å². The van der Waals surface area contributed by atoms with Crippen molar-refractivity contribution in [1.82, 2.24) is 0 Å². The number of aliphatic carboxylic acids is 1. The number of hydrogen-bond donors (Lipinski definition) is 1. The second kappa shape index (κ2) is 7.02. The molecule has 1 aromatic carbocycles. The molecule has 110 valence electrons. The molecule has 0 aromatic heterocycles. The van der Waals surface area contributed by atoms with Crippen LogP contribution in [-0.2, 0) is 16.0 Å². The molecule has 3 nitrogen and oxygen atoms in total. The zero-order chi connectivity index (χ0) is 15.3. The summed E-state index contributed by atoms with van der Waals surface area (Å²) < 4.78 is 0.962. The molecule has 0 saturated heterocycles. The number of carboxylic acid groups (broad SMARTS) is 1. The molecule has 1 aromatic rings. The fourth-order valence-electron chi connectivity index (χ4n) is 2.46. The molecule has 0 radical (unpaired) electrons. The lowest BCUT2D eigenvalue weighted by Crippen LogP contribution is -2.32. The Morgan fingerprint density at radius 1 is 1.25 bits per heavy atom. The van der Waals surface area contributed by atoms with Gasteiger partial charge in [0.15, 0.2) is 0 Å². The first-order chi connectivity index (χ1) is 9.23. The molecular weight excluding hydrogens is 320 g/mol. The van der Waals surface area contributed by atoms with Crippen molar-refractivity contribution in [2.45, 2.75) is 40.0 Å². The molecule has 1 atom stereocenters. The highest BCUT2D eigenvalue weighted by Crippen LogP contribution is 2.31. The van der Waals surface area contributed by atoms with Crippen LogP contribution < -0.4 is 0 Å². The first kappa shape index (κ1) is 16.9. The SMILES string of the molecule is CC(C)CC(C)(CC(=O)Cc1ccc(Br)cc1)C(=O)O. The van der Waals surface area contributed by atoms with Gasteiger partial charge in [-0.05, 0) is 37.0 Å². The Morgan fingerprint density at radius 3 is 2.25 bits per heavy atom. The number of Topliss-reactive ketones (excluding diaryl/α,β-unsaturated/α-hetero) is 1. The molecule has 1 rings (SSSR count). The summed E-state index contributed by atoms with van der Waals surface area (Å²) in [7, 11) is 0. The van der Waals surface area contributed by atoms with Gasteiger partial charge < -0.3 is 5.11 Å². The van der Waals surface area contributed by atoms with Crippen LogP contribution >= 0.6 is 15.9 Å². The molecule has 0 heterocycles. The molecular formula is C16H21BrO3. The molecule has 0 spiro atoms. The van der Waals surface area contributed by atoms with Crippen molar-refractivity contribution in [3.63, 3.8) is 0 Å². The molecule has 0 aliphatic carbocycles. The minimum Gasteiger partial charge on any atom is -0.481 e. The van der Waals surface area contributed by atoms with Crippen LogP contribution in [0.5, 0.6) is 0 Å². The van der Waals surface area contributed by atoms with Crippen LogP contribution in [0, 0.1) is 11.3 Å². The Balaban J connectivity index is 2.71. The number of halogens is 1. The lowest BCUT2D eigenvalue weighted by atomic mass is 9.77. The van der Waals surface area contributed by atoms with Gasteiger partial charge in [0.1, 0.15) is 5.78 Å². The molecule has 4 heteroatoms. The summed E-state index contributed by atoms with van der Waals surface area (Å²) in [5.41, 5.74) is -0.0591. The maximum absolute atomic E-state index is 12.1. The van der Waals surface area contributed by atoms with Crippen LogP contribution in [0.15, 0.2) is 28.7 Å². The third-order valence-electron chi connectivity index (χ3n) is 3.28. The zero-order valence-electron chi connectivity index (χ0n) is 12.1. The fourth-order valence-corrected chi connectivity index (χ4v) is 2.73. The predicted octanol–water partition coefficient (Wildman–Crippen LogP) is 4.09. The summed E-state index contributed by atoms with van der Waals surface area (Å²) in [6.45, 7) is 5.61. The first-order valence-electron chi connectivity index (χ1n) is 6.72. The Morgan fingerprint density at radius 2 is 1.80 bits per heavy atom. The van der Waals surface area contributed by atoms with Crippen LogP contribution in [0.3, 0.4) is 0 Å². The topological polar surface area (TPSA) is 54.4 Å². The van der Waals surface area contributed by atoms with Crippen LogP contribution in [0.4, 0.5) is 0 Å². The normalized spacial score (nSPS) is 14.1. The summed E-state index contributed by atoms with van der Waals surface area (Å²) in [6, 6.07) is 7.52. The molecule has 0 aliphatic rings. The summed E-state index contributed by atoms with van der Waals surface area (Å²) in [6.07, 6.45) is 0.874. The van der Waals surface area contributed by atoms with E-state index in [0.717, 1.165) is 10.0 Å². The van der Waals surface area contributed by atoms with Gasteiger partial charge in [-0.2, -0.15) is 0 Å². The molecule has 0 aliphatic heterocycles. The number of carboxylic acids is 1. The monoisotopic (exact) mass is 340 g/mol. The zero-order valence-corrected chi connectivity index (χ0v) is 13.7. The van der Waals surface area contributed by atoms with Crippen molar-refractivity contribution in [1.29, 1.82) is 0 Å². The Bertz CT molecular complexity index is 479. The maximum Gasteiger partial charge on any atom is 0.309 e. The van der Waals surface area contributed by atoms with Crippen molar-refractivity contribution in [3.8, 4) is 0 Å². The van der Waals surface area contributed by atoms with Crippen molar-refractivity contribution < 1.29 is 14.7 Å². The van der Waals surface area contributed by atoms with Gasteiger partial charge in [-0.1, -0.05) is 41.9 Å². The second-order valence-corrected chi connectivity index (χ2v) is 6.90. The Kier molecular flexibility index (Phi) is 5.93. The highest BCUT2D eigenvalue weighted by molar-refractivity contribution is 9.10. The quantitative estimate of drug-likeness (QED) is 0.813. The molecule has 0 saturated carbocycles. The van der Waals surface area contributed by atoms with E-state index in [0.29, 0.717) is 6.42 Å². The molecule has 1 unspecified atom stereocenters. The number of hydrogen-bond acceptors (Lipinski definition) is 2. The van der Waals surface area contributed by atoms with Gasteiger partial charge in [0.05, 0.1) is 5.41 Å². The van der Waals surface area contributed by atoms with Gasteiger partial charge in [0, 0.05) is 17.3 Å². The van der Waals surface area contributed by atoms with E-state index in [9.17, 15) is 14.7 Å². The highest BCUT2D eigenvalue weighted by Gasteiger charge is 2.35. The van der Waals surface area contributed by atoms with Gasteiger partial charge in [-0.3, -0.25) is 9.59 Å². The van der Waals surface area contributed by atoms with Crippen molar-refractivity contribution in [2.75, 3.05) is 0 Å². The van der Waals surface area contributed by atoms with Crippen LogP contribution in [0.25, 0.3) is 0 Å². The van der Waals surface area contributed by atoms with E-state index in [1.54, 1.807) is 6.92 Å². The van der Waals surface area contributed by atoms with E-state index in [1.807, 2.05) is 38.1 Å². The number of carbonyl (C=O) groups is 2. The minimum atomic E-state index is -0.972. The third kappa shape index (κ3) is 5.08. The second-order valence-electron chi connectivity index (χ2n) is 5.98. The molecule has 0 amide bonds. The number of ketones is 1. The molecule has 20 heavy (non-hydrogen) atoms. The van der Waals surface area contributed by atoms with E-state index in [1.165, 1.54) is 0 Å². The van der Waals surface area contributed by atoms with Gasteiger partial charge in [-0.15, -0.1) is 0 Å². The Hall–Kier alpha value is -1.16. The van der Waals surface area contributed by atoms with Crippen LogP contribution in [-0.4, -0.2) is 16.9 Å². The molecule has 0 fully saturated rings. The van der Waals surface area contributed by atoms with Crippen LogP contribution in [0.1, 0.15) is 39.2 Å². The van der Waals surface area contributed by atoms with Crippen LogP contribution in [0.2, 0.25) is 0 Å². The molecule has 1 N–H and O–H groups in total. The Labute approximate surface area is 128 Å². The average molecular weight is 341 g/mol. The van der Waals surface area contributed by atoms with E-state index in [4.69, 9.17) is 0 Å². The van der Waals surface area contributed by atoms with E-state index < -0.39 is 11.4 Å². The number of benzene rings is 1. The third-order valence-corrected chi connectivity index (χ3v) is 3.81. The average Bonchev–Trinajstić information content (AvgIpc) is 2.30. The van der Waals surface area contributed by atoms with Gasteiger partial charge in [0.2, 0.25) is 0 Å². The minimum absolute atomic E-state index is 0.0297. The van der Waals surface area contributed by atoms with Crippen molar-refractivity contribution in [3.05, 3.63) is 34.3 Å². The summed E-state index contributed by atoms with van der Waals surface area (Å²) in [4.78, 5) is 23.6. The standard InChI is InChI=1S/C16H21BrO3/c1-11(2)9-16(3,15(19)20)10-14(18)8-12-4-6-13(17)7-5-12/h4-7,11H,8-10H2,1-3H3,(H,19,20). The largest absolute Gasteiger partial charge is 0.481 e. The van der Waals surface area contributed by atoms with E-state index >= 15 is 0 Å². The first-order valence-corrected chi connectivity index (χ1v) is 7.52. The number of rotatable bonds is 7. The lowest BCUT2D eigenvalue weighted by molar-refractivity contribution is -0.151. The predicted molar refractivity (Wildman–Crippen MR) is 82.7 cm³/mol. The summed E-state index contributed by atoms with van der Waals surface area (Å²) in [5, 5.41) is 9.37. The highest BCUT2D eigenvalue weighted by atomic mass is 79.9.